The van der Waals surface area contributed by atoms with Crippen molar-refractivity contribution in [2.75, 3.05) is 13.1 Å². The molecule has 1 aliphatic rings. The predicted molar refractivity (Wildman–Crippen MR) is 102 cm³/mol. The predicted octanol–water partition coefficient (Wildman–Crippen LogP) is 4.10. The van der Waals surface area contributed by atoms with Crippen LogP contribution >= 0.6 is 11.8 Å². The number of carbonyl (C=O) groups is 2. The molecular weight excluding hydrogens is 330 g/mol. The van der Waals surface area contributed by atoms with Crippen LogP contribution in [0.5, 0.6) is 0 Å². The highest BCUT2D eigenvalue weighted by molar-refractivity contribution is 7.98. The molecule has 4 heteroatoms. The van der Waals surface area contributed by atoms with Gasteiger partial charge in [-0.3, -0.25) is 9.59 Å². The smallest absolute Gasteiger partial charge is 0.224 e. The van der Waals surface area contributed by atoms with Crippen LogP contribution in [-0.2, 0) is 15.3 Å². The first-order chi connectivity index (χ1) is 12.1. The fraction of sp³-hybridized carbons (Fsp3) is 0.333. The standard InChI is InChI=1S/C21H23NO2S/c1-16(19(23)14-22-13-12-20(22)24)21(18-10-6-3-7-11-18)25-15-17-8-4-2-5-9-17/h2-11,16,21H,12-15H2,1H3. The van der Waals surface area contributed by atoms with Crippen LogP contribution in [-0.4, -0.2) is 29.7 Å². The minimum Gasteiger partial charge on any atom is -0.335 e. The minimum atomic E-state index is -0.135. The van der Waals surface area contributed by atoms with Gasteiger partial charge >= 0.3 is 0 Å². The molecule has 1 aliphatic heterocycles. The Labute approximate surface area is 153 Å². The Kier molecular flexibility index (Phi) is 5.92. The van der Waals surface area contributed by atoms with Gasteiger partial charge in [-0.2, -0.15) is 0 Å². The first kappa shape index (κ1) is 17.7. The molecule has 2 aromatic carbocycles. The number of amides is 1. The summed E-state index contributed by atoms with van der Waals surface area (Å²) >= 11 is 1.79. The minimum absolute atomic E-state index is 0.0882. The monoisotopic (exact) mass is 353 g/mol. The van der Waals surface area contributed by atoms with Gasteiger partial charge in [0.25, 0.3) is 0 Å². The third-order valence-electron chi connectivity index (χ3n) is 4.66. The highest BCUT2D eigenvalue weighted by Gasteiger charge is 2.31. The van der Waals surface area contributed by atoms with E-state index in [1.165, 1.54) is 11.1 Å². The van der Waals surface area contributed by atoms with E-state index in [4.69, 9.17) is 0 Å². The molecular formula is C21H23NO2S. The van der Waals surface area contributed by atoms with Crippen molar-refractivity contribution < 1.29 is 9.59 Å². The van der Waals surface area contributed by atoms with Crippen LogP contribution in [0.3, 0.4) is 0 Å². The number of rotatable bonds is 8. The topological polar surface area (TPSA) is 37.4 Å². The van der Waals surface area contributed by atoms with Crippen molar-refractivity contribution in [2.24, 2.45) is 5.92 Å². The summed E-state index contributed by atoms with van der Waals surface area (Å²) in [4.78, 5) is 25.9. The van der Waals surface area contributed by atoms with Gasteiger partial charge in [-0.25, -0.2) is 0 Å². The van der Waals surface area contributed by atoms with Crippen LogP contribution in [0.25, 0.3) is 0 Å². The van der Waals surface area contributed by atoms with E-state index in [9.17, 15) is 9.59 Å². The molecule has 0 aliphatic carbocycles. The fourth-order valence-corrected chi connectivity index (χ4v) is 4.32. The van der Waals surface area contributed by atoms with Crippen LogP contribution in [0, 0.1) is 5.92 Å². The molecule has 1 fully saturated rings. The Bertz CT molecular complexity index is 717. The molecule has 25 heavy (non-hydrogen) atoms. The van der Waals surface area contributed by atoms with Gasteiger partial charge in [0.05, 0.1) is 6.54 Å². The molecule has 2 unspecified atom stereocenters. The molecule has 1 amide bonds. The Hall–Kier alpha value is -2.07. The number of hydrogen-bond acceptors (Lipinski definition) is 3. The molecule has 0 spiro atoms. The second-order valence-corrected chi connectivity index (χ2v) is 7.58. The second-order valence-electron chi connectivity index (χ2n) is 6.45. The molecule has 0 aromatic heterocycles. The first-order valence-electron chi connectivity index (χ1n) is 8.66. The molecule has 0 radical (unpaired) electrons. The summed E-state index contributed by atoms with van der Waals surface area (Å²) in [6.45, 7) is 2.95. The van der Waals surface area contributed by atoms with Crippen molar-refractivity contribution in [3.8, 4) is 0 Å². The van der Waals surface area contributed by atoms with Gasteiger partial charge in [-0.05, 0) is 11.1 Å². The molecule has 0 saturated carbocycles. The fourth-order valence-electron chi connectivity index (χ4n) is 2.96. The first-order valence-corrected chi connectivity index (χ1v) is 9.71. The van der Waals surface area contributed by atoms with E-state index >= 15 is 0 Å². The maximum Gasteiger partial charge on any atom is 0.224 e. The second kappa shape index (κ2) is 8.34. The highest BCUT2D eigenvalue weighted by Crippen LogP contribution is 2.38. The largest absolute Gasteiger partial charge is 0.335 e. The Balaban J connectivity index is 1.71. The summed E-state index contributed by atoms with van der Waals surface area (Å²) in [7, 11) is 0. The Morgan fingerprint density at radius 2 is 1.72 bits per heavy atom. The lowest BCUT2D eigenvalue weighted by atomic mass is 9.95. The number of thioether (sulfide) groups is 1. The summed E-state index contributed by atoms with van der Waals surface area (Å²) in [5.41, 5.74) is 2.42. The molecule has 130 valence electrons. The van der Waals surface area contributed by atoms with E-state index in [-0.39, 0.29) is 29.4 Å². The van der Waals surface area contributed by atoms with Gasteiger partial charge in [-0.15, -0.1) is 11.8 Å². The summed E-state index contributed by atoms with van der Waals surface area (Å²) in [6.07, 6.45) is 0.576. The maximum absolute atomic E-state index is 12.7. The molecule has 0 N–H and O–H groups in total. The molecule has 0 bridgehead atoms. The molecule has 1 saturated heterocycles. The molecule has 1 heterocycles. The maximum atomic E-state index is 12.7. The number of carbonyl (C=O) groups excluding carboxylic acids is 2. The van der Waals surface area contributed by atoms with Gasteiger partial charge < -0.3 is 4.90 Å². The van der Waals surface area contributed by atoms with Crippen molar-refractivity contribution in [3.05, 3.63) is 71.8 Å². The third kappa shape index (κ3) is 4.51. The molecule has 2 atom stereocenters. The molecule has 3 nitrogen and oxygen atoms in total. The van der Waals surface area contributed by atoms with Crippen molar-refractivity contribution >= 4 is 23.5 Å². The average Bonchev–Trinajstić information content (AvgIpc) is 2.66. The third-order valence-corrected chi connectivity index (χ3v) is 6.20. The van der Waals surface area contributed by atoms with Crippen molar-refractivity contribution in [2.45, 2.75) is 24.3 Å². The zero-order valence-electron chi connectivity index (χ0n) is 14.4. The lowest BCUT2D eigenvalue weighted by molar-refractivity contribution is -0.143. The lowest BCUT2D eigenvalue weighted by Gasteiger charge is -2.32. The van der Waals surface area contributed by atoms with E-state index < -0.39 is 0 Å². The van der Waals surface area contributed by atoms with E-state index in [1.54, 1.807) is 16.7 Å². The number of hydrogen-bond donors (Lipinski definition) is 0. The van der Waals surface area contributed by atoms with Gasteiger partial charge in [0.15, 0.2) is 5.78 Å². The van der Waals surface area contributed by atoms with Gasteiger partial charge in [0.2, 0.25) is 5.91 Å². The molecule has 2 aromatic rings. The number of ketones is 1. The summed E-state index contributed by atoms with van der Waals surface area (Å²) in [6, 6.07) is 20.5. The highest BCUT2D eigenvalue weighted by atomic mass is 32.2. The number of likely N-dealkylation sites (tertiary alicyclic amines) is 1. The van der Waals surface area contributed by atoms with Crippen LogP contribution in [0.15, 0.2) is 60.7 Å². The van der Waals surface area contributed by atoms with Gasteiger partial charge in [0, 0.05) is 29.9 Å². The van der Waals surface area contributed by atoms with E-state index in [0.717, 1.165) is 5.75 Å². The van der Waals surface area contributed by atoms with Gasteiger partial charge in [-0.1, -0.05) is 67.6 Å². The summed E-state index contributed by atoms with van der Waals surface area (Å²) in [5.74, 6) is 0.960. The van der Waals surface area contributed by atoms with E-state index in [0.29, 0.717) is 13.0 Å². The quantitative estimate of drug-likeness (QED) is 0.671. The van der Waals surface area contributed by atoms with Crippen molar-refractivity contribution in [1.29, 1.82) is 0 Å². The van der Waals surface area contributed by atoms with Crippen LogP contribution in [0.1, 0.15) is 29.7 Å². The average molecular weight is 353 g/mol. The van der Waals surface area contributed by atoms with E-state index in [2.05, 4.69) is 24.3 Å². The van der Waals surface area contributed by atoms with Crippen LogP contribution < -0.4 is 0 Å². The SMILES string of the molecule is CC(C(=O)CN1CCC1=O)C(SCc1ccccc1)c1ccccc1. The lowest BCUT2D eigenvalue weighted by Crippen LogP contribution is -2.47. The van der Waals surface area contributed by atoms with Crippen LogP contribution in [0.4, 0.5) is 0 Å². The number of nitrogens with zero attached hydrogens (tertiary/aromatic N) is 1. The normalized spacial score (nSPS) is 16.2. The molecule has 3 rings (SSSR count). The van der Waals surface area contributed by atoms with Crippen molar-refractivity contribution in [1.82, 2.24) is 4.90 Å². The number of Topliss-reactive ketones (excluding diaryl/α,β-unsaturated/α-hetero) is 1. The number of β-lactam (4-membered cyclic amide) rings is 1. The van der Waals surface area contributed by atoms with Crippen LogP contribution in [0.2, 0.25) is 0 Å². The Morgan fingerprint density at radius 3 is 2.28 bits per heavy atom. The summed E-state index contributed by atoms with van der Waals surface area (Å²) < 4.78 is 0. The summed E-state index contributed by atoms with van der Waals surface area (Å²) in [5, 5.41) is 0.0882. The van der Waals surface area contributed by atoms with E-state index in [1.807, 2.05) is 43.3 Å². The van der Waals surface area contributed by atoms with Crippen molar-refractivity contribution in [3.63, 3.8) is 0 Å². The zero-order valence-corrected chi connectivity index (χ0v) is 15.2. The van der Waals surface area contributed by atoms with Gasteiger partial charge in [0.1, 0.15) is 0 Å². The Morgan fingerprint density at radius 1 is 1.08 bits per heavy atom. The number of benzene rings is 2. The zero-order chi connectivity index (χ0) is 17.6.